The van der Waals surface area contributed by atoms with E-state index in [0.717, 1.165) is 45.3 Å². The Balaban J connectivity index is 1.68. The molecular weight excluding hydrogens is 497 g/mol. The predicted molar refractivity (Wildman–Crippen MR) is 127 cm³/mol. The second-order valence-electron chi connectivity index (χ2n) is 10.6. The molecule has 36 heavy (non-hydrogen) atoms. The molecule has 0 spiro atoms. The molecule has 3 fully saturated rings. The fraction of sp³-hybridized carbons (Fsp3) is 0.760. The lowest BCUT2D eigenvalue weighted by molar-refractivity contribution is -0.141. The van der Waals surface area contributed by atoms with Crippen LogP contribution in [0.5, 0.6) is 5.88 Å². The molecule has 3 aliphatic rings. The summed E-state index contributed by atoms with van der Waals surface area (Å²) in [5.41, 5.74) is -1.40. The fourth-order valence-corrected chi connectivity index (χ4v) is 9.09. The quantitative estimate of drug-likeness (QED) is 0.468. The third kappa shape index (κ3) is 5.23. The Morgan fingerprint density at radius 2 is 1.86 bits per heavy atom. The summed E-state index contributed by atoms with van der Waals surface area (Å²) in [6.45, 7) is 0.745. The second-order valence-corrected chi connectivity index (χ2v) is 13.1. The molecule has 202 valence electrons. The van der Waals surface area contributed by atoms with Crippen molar-refractivity contribution in [1.29, 1.82) is 0 Å². The number of aryl methyl sites for hydroxylation is 1. The number of ether oxygens (including phenoxy) is 1. The highest BCUT2D eigenvalue weighted by Crippen LogP contribution is 2.50. The Morgan fingerprint density at radius 1 is 1.22 bits per heavy atom. The number of hydrogen-bond acceptors (Lipinski definition) is 6. The van der Waals surface area contributed by atoms with Gasteiger partial charge in [0.15, 0.2) is 9.84 Å². The molecule has 0 radical (unpaired) electrons. The molecule has 1 aromatic heterocycles. The van der Waals surface area contributed by atoms with Crippen LogP contribution in [-0.2, 0) is 16.0 Å². The van der Waals surface area contributed by atoms with Crippen molar-refractivity contribution in [3.05, 3.63) is 22.9 Å². The van der Waals surface area contributed by atoms with Crippen molar-refractivity contribution in [3.63, 3.8) is 0 Å². The summed E-state index contributed by atoms with van der Waals surface area (Å²) in [7, 11) is -2.62. The molecule has 1 heterocycles. The van der Waals surface area contributed by atoms with Gasteiger partial charge in [-0.15, -0.1) is 0 Å². The minimum absolute atomic E-state index is 0.00601. The number of pyridine rings is 1. The third-order valence-corrected chi connectivity index (χ3v) is 11.3. The summed E-state index contributed by atoms with van der Waals surface area (Å²) in [5, 5.41) is 12.6. The average Bonchev–Trinajstić information content (AvgIpc) is 3.74. The van der Waals surface area contributed by atoms with Crippen LogP contribution in [0.15, 0.2) is 6.07 Å². The number of carbonyl (C=O) groups excluding carboxylic acids is 1. The van der Waals surface area contributed by atoms with Crippen molar-refractivity contribution < 1.29 is 36.2 Å². The molecule has 0 aliphatic heterocycles. The standard InChI is InChI=1S/C25H35F3N2O5S/c1-15-12-19(25(26,27)28)30-23(35-2)21(15)22(32)29-20(14-31)24(10-4-3-5-11-24)36(33,34)18(17-8-9-17)13-16-6-7-16/h12,16-18,20,31H,3-11,13-14H2,1-2H3,(H,29,32). The second kappa shape index (κ2) is 10.1. The average molecular weight is 533 g/mol. The molecular formula is C25H35F3N2O5S. The summed E-state index contributed by atoms with van der Waals surface area (Å²) in [6.07, 6.45) is 2.57. The molecule has 0 bridgehead atoms. The number of alkyl halides is 3. The minimum atomic E-state index is -4.72. The smallest absolute Gasteiger partial charge is 0.433 e. The maximum absolute atomic E-state index is 14.3. The molecule has 2 unspecified atom stereocenters. The number of nitrogens with one attached hydrogen (secondary N) is 1. The highest BCUT2D eigenvalue weighted by atomic mass is 32.2. The van der Waals surface area contributed by atoms with Gasteiger partial charge in [-0.3, -0.25) is 4.79 Å². The summed E-state index contributed by atoms with van der Waals surface area (Å²) in [4.78, 5) is 16.8. The first-order chi connectivity index (χ1) is 16.9. The van der Waals surface area contributed by atoms with Gasteiger partial charge in [-0.05, 0) is 62.5 Å². The van der Waals surface area contributed by atoms with Crippen LogP contribution in [0.2, 0.25) is 0 Å². The number of halogens is 3. The minimum Gasteiger partial charge on any atom is -0.480 e. The molecule has 2 atom stereocenters. The number of amides is 1. The van der Waals surface area contributed by atoms with Crippen molar-refractivity contribution in [2.75, 3.05) is 13.7 Å². The topological polar surface area (TPSA) is 106 Å². The molecule has 4 rings (SSSR count). The number of nitrogens with zero attached hydrogens (tertiary/aromatic N) is 1. The van der Waals surface area contributed by atoms with Crippen LogP contribution in [0.4, 0.5) is 13.2 Å². The van der Waals surface area contributed by atoms with Crippen LogP contribution in [0.1, 0.15) is 85.8 Å². The van der Waals surface area contributed by atoms with Gasteiger partial charge in [-0.2, -0.15) is 13.2 Å². The first-order valence-corrected chi connectivity index (χ1v) is 14.3. The third-order valence-electron chi connectivity index (χ3n) is 8.09. The normalized spacial score (nSPS) is 22.1. The van der Waals surface area contributed by atoms with E-state index in [1.807, 2.05) is 0 Å². The van der Waals surface area contributed by atoms with E-state index in [-0.39, 0.29) is 17.0 Å². The van der Waals surface area contributed by atoms with E-state index in [4.69, 9.17) is 4.74 Å². The van der Waals surface area contributed by atoms with E-state index in [1.54, 1.807) is 0 Å². The molecule has 3 saturated carbocycles. The zero-order chi connectivity index (χ0) is 26.3. The number of hydrogen-bond donors (Lipinski definition) is 2. The van der Waals surface area contributed by atoms with E-state index in [2.05, 4.69) is 10.3 Å². The van der Waals surface area contributed by atoms with Gasteiger partial charge in [-0.1, -0.05) is 32.1 Å². The van der Waals surface area contributed by atoms with Gasteiger partial charge in [0.05, 0.1) is 29.8 Å². The van der Waals surface area contributed by atoms with Gasteiger partial charge in [0.1, 0.15) is 11.3 Å². The molecule has 3 aliphatic carbocycles. The van der Waals surface area contributed by atoms with E-state index in [0.29, 0.717) is 38.0 Å². The van der Waals surface area contributed by atoms with E-state index in [1.165, 1.54) is 6.92 Å². The lowest BCUT2D eigenvalue weighted by atomic mass is 9.82. The van der Waals surface area contributed by atoms with Crippen LogP contribution >= 0.6 is 0 Å². The Hall–Kier alpha value is -1.88. The van der Waals surface area contributed by atoms with Gasteiger partial charge in [0.25, 0.3) is 5.91 Å². The predicted octanol–water partition coefficient (Wildman–Crippen LogP) is 4.20. The monoisotopic (exact) mass is 532 g/mol. The van der Waals surface area contributed by atoms with Gasteiger partial charge in [-0.25, -0.2) is 13.4 Å². The van der Waals surface area contributed by atoms with E-state index < -0.39 is 56.1 Å². The fourth-order valence-electron chi connectivity index (χ4n) is 5.79. The van der Waals surface area contributed by atoms with Crippen molar-refractivity contribution in [2.45, 2.75) is 93.3 Å². The van der Waals surface area contributed by atoms with Crippen LogP contribution in [-0.4, -0.2) is 54.2 Å². The first kappa shape index (κ1) is 27.2. The lowest BCUT2D eigenvalue weighted by Crippen LogP contribution is -2.62. The number of aliphatic hydroxyl groups excluding tert-OH is 1. The largest absolute Gasteiger partial charge is 0.480 e. The summed E-state index contributed by atoms with van der Waals surface area (Å²) in [6, 6.07) is -0.334. The molecule has 11 heteroatoms. The van der Waals surface area contributed by atoms with Crippen molar-refractivity contribution in [3.8, 4) is 5.88 Å². The van der Waals surface area contributed by atoms with Crippen molar-refractivity contribution >= 4 is 15.7 Å². The van der Waals surface area contributed by atoms with Crippen molar-refractivity contribution in [1.82, 2.24) is 10.3 Å². The molecule has 0 aromatic carbocycles. The van der Waals surface area contributed by atoms with E-state index >= 15 is 0 Å². The molecule has 1 aromatic rings. The van der Waals surface area contributed by atoms with Crippen LogP contribution in [0.3, 0.4) is 0 Å². The Labute approximate surface area is 210 Å². The number of aliphatic hydroxyl groups is 1. The van der Waals surface area contributed by atoms with E-state index in [9.17, 15) is 31.5 Å². The number of aromatic nitrogens is 1. The molecule has 7 nitrogen and oxygen atoms in total. The van der Waals surface area contributed by atoms with Gasteiger partial charge < -0.3 is 15.2 Å². The van der Waals surface area contributed by atoms with Gasteiger partial charge >= 0.3 is 6.18 Å². The van der Waals surface area contributed by atoms with Crippen LogP contribution in [0.25, 0.3) is 0 Å². The number of rotatable bonds is 10. The maximum atomic E-state index is 14.3. The zero-order valence-corrected chi connectivity index (χ0v) is 21.6. The molecule has 0 saturated heterocycles. The maximum Gasteiger partial charge on any atom is 0.433 e. The highest BCUT2D eigenvalue weighted by Gasteiger charge is 2.57. The van der Waals surface area contributed by atoms with Gasteiger partial charge in [0.2, 0.25) is 5.88 Å². The Kier molecular flexibility index (Phi) is 7.63. The summed E-state index contributed by atoms with van der Waals surface area (Å²) < 4.78 is 72.0. The summed E-state index contributed by atoms with van der Waals surface area (Å²) in [5.74, 6) is -0.777. The Bertz CT molecular complexity index is 1080. The number of methoxy groups -OCH3 is 1. The Morgan fingerprint density at radius 3 is 2.36 bits per heavy atom. The number of sulfone groups is 1. The first-order valence-electron chi connectivity index (χ1n) is 12.7. The summed E-state index contributed by atoms with van der Waals surface area (Å²) >= 11 is 0. The van der Waals surface area contributed by atoms with Crippen LogP contribution < -0.4 is 10.1 Å². The van der Waals surface area contributed by atoms with Gasteiger partial charge in [0, 0.05) is 0 Å². The number of carbonyl (C=O) groups is 1. The SMILES string of the molecule is COc1nc(C(F)(F)F)cc(C)c1C(=O)NC(CO)C1(S(=O)(=O)C(CC2CC2)C2CC2)CCCCC1. The van der Waals surface area contributed by atoms with Crippen molar-refractivity contribution in [2.24, 2.45) is 11.8 Å². The highest BCUT2D eigenvalue weighted by molar-refractivity contribution is 7.93. The molecule has 1 amide bonds. The molecule has 2 N–H and O–H groups in total. The van der Waals surface area contributed by atoms with Crippen LogP contribution in [0, 0.1) is 18.8 Å². The lowest BCUT2D eigenvalue weighted by Gasteiger charge is -2.44. The zero-order valence-electron chi connectivity index (χ0n) is 20.7.